The number of β-amino-alcohol motifs (C(OH)–C–C–N with tert-alkyl or cyclic N) is 1. The molecule has 0 aliphatic carbocycles. The van der Waals surface area contributed by atoms with Gasteiger partial charge in [-0.3, -0.25) is 4.79 Å². The fraction of sp³-hybridized carbons (Fsp3) is 0.400. The number of fused-ring (bicyclic) bond motifs is 1. The van der Waals surface area contributed by atoms with Gasteiger partial charge in [0.1, 0.15) is 11.9 Å². The summed E-state index contributed by atoms with van der Waals surface area (Å²) in [6.45, 7) is 1.75. The van der Waals surface area contributed by atoms with Gasteiger partial charge in [-0.2, -0.15) is 0 Å². The van der Waals surface area contributed by atoms with Crippen LogP contribution in [-0.4, -0.2) is 35.8 Å². The molecule has 2 heterocycles. The maximum Gasteiger partial charge on any atom is 0.294 e. The Kier molecular flexibility index (Phi) is 3.82. The predicted octanol–water partition coefficient (Wildman–Crippen LogP) is 1.30. The molecule has 0 saturated carbocycles. The summed E-state index contributed by atoms with van der Waals surface area (Å²) in [6.07, 6.45) is -0.0263. The number of hydrogen-bond donors (Lipinski definition) is 1. The summed E-state index contributed by atoms with van der Waals surface area (Å²) in [7, 11) is 1.31. The smallest absolute Gasteiger partial charge is 0.294 e. The first-order chi connectivity index (χ1) is 8.06. The minimum atomic E-state index is -0.659. The lowest BCUT2D eigenvalue weighted by molar-refractivity contribution is -0.121. The number of aliphatic hydroxyl groups is 1. The van der Waals surface area contributed by atoms with Crippen LogP contribution in [0.25, 0.3) is 0 Å². The highest BCUT2D eigenvalue weighted by molar-refractivity contribution is 9.10. The molecule has 1 radical (unpaired) electrons. The van der Waals surface area contributed by atoms with Gasteiger partial charge in [-0.05, 0) is 22.9 Å². The van der Waals surface area contributed by atoms with Crippen molar-refractivity contribution in [3.63, 3.8) is 0 Å². The number of ketones is 1. The Morgan fingerprint density at radius 3 is 3.06 bits per heavy atom. The largest absolute Gasteiger partial charge is 0.386 e. The second-order valence-electron chi connectivity index (χ2n) is 3.87. The van der Waals surface area contributed by atoms with Crippen molar-refractivity contribution in [2.24, 2.45) is 0 Å². The van der Waals surface area contributed by atoms with Crippen molar-refractivity contribution in [2.75, 3.05) is 6.54 Å². The summed E-state index contributed by atoms with van der Waals surface area (Å²) in [4.78, 5) is 24.7. The summed E-state index contributed by atoms with van der Waals surface area (Å²) < 4.78 is 0.806. The van der Waals surface area contributed by atoms with Crippen LogP contribution in [0.5, 0.6) is 0 Å². The van der Waals surface area contributed by atoms with Crippen LogP contribution in [0.15, 0.2) is 9.85 Å². The Morgan fingerprint density at radius 1 is 1.76 bits per heavy atom. The molecule has 17 heavy (non-hydrogen) atoms. The van der Waals surface area contributed by atoms with Crippen molar-refractivity contribution in [1.29, 1.82) is 0 Å². The maximum atomic E-state index is 11.7. The molecule has 7 heteroatoms. The van der Waals surface area contributed by atoms with Crippen LogP contribution >= 0.6 is 27.3 Å². The van der Waals surface area contributed by atoms with Gasteiger partial charge in [-0.25, -0.2) is 0 Å². The predicted molar refractivity (Wildman–Crippen MR) is 69.6 cm³/mol. The molecule has 0 spiro atoms. The van der Waals surface area contributed by atoms with Gasteiger partial charge in [-0.1, -0.05) is 0 Å². The van der Waals surface area contributed by atoms with Crippen LogP contribution in [0.4, 0.5) is 0 Å². The summed E-state index contributed by atoms with van der Waals surface area (Å²) in [5.74, 6) is -0.0460. The van der Waals surface area contributed by atoms with E-state index in [1.54, 1.807) is 4.81 Å². The third-order valence-electron chi connectivity index (χ3n) is 2.74. The van der Waals surface area contributed by atoms with E-state index in [1.165, 1.54) is 25.7 Å². The van der Waals surface area contributed by atoms with E-state index >= 15 is 0 Å². The number of thiophene rings is 1. The monoisotopic (exact) mass is 314 g/mol. The van der Waals surface area contributed by atoms with Crippen molar-refractivity contribution < 1.29 is 14.7 Å². The first-order valence-electron chi connectivity index (χ1n) is 5.06. The van der Waals surface area contributed by atoms with Gasteiger partial charge < -0.3 is 14.7 Å². The van der Waals surface area contributed by atoms with E-state index in [1.807, 2.05) is 5.38 Å². The third-order valence-corrected chi connectivity index (χ3v) is 4.80. The number of halogens is 1. The van der Waals surface area contributed by atoms with Crippen LogP contribution in [0.3, 0.4) is 0 Å². The fourth-order valence-corrected chi connectivity index (χ4v) is 3.88. The van der Waals surface area contributed by atoms with Gasteiger partial charge in [0.25, 0.3) is 7.41 Å². The van der Waals surface area contributed by atoms with Gasteiger partial charge >= 0.3 is 0 Å². The van der Waals surface area contributed by atoms with Crippen molar-refractivity contribution in [2.45, 2.75) is 19.1 Å². The molecule has 4 nitrogen and oxygen atoms in total. The lowest BCUT2D eigenvalue weighted by Crippen LogP contribution is -2.43. The molecule has 1 aromatic rings. The quantitative estimate of drug-likeness (QED) is 0.675. The minimum absolute atomic E-state index is 0.0460. The lowest BCUT2D eigenvalue weighted by Gasteiger charge is -2.35. The fourth-order valence-electron chi connectivity index (χ4n) is 2.10. The maximum absolute atomic E-state index is 11.7. The highest BCUT2D eigenvalue weighted by Gasteiger charge is 2.37. The van der Waals surface area contributed by atoms with E-state index in [0.29, 0.717) is 6.19 Å². The normalized spacial score (nSPS) is 24.2. The number of hydrogen-bond acceptors (Lipinski definition) is 5. The molecule has 1 aliphatic rings. The molecule has 2 unspecified atom stereocenters. The Bertz CT molecular complexity index is 464. The number of aliphatic hydroxyl groups excluding tert-OH is 1. The third kappa shape index (κ3) is 2.24. The van der Waals surface area contributed by atoms with Gasteiger partial charge in [0.2, 0.25) is 0 Å². The zero-order valence-electron chi connectivity index (χ0n) is 9.09. The average Bonchev–Trinajstić information content (AvgIpc) is 2.62. The Labute approximate surface area is 112 Å². The lowest BCUT2D eigenvalue weighted by atomic mass is 9.84. The molecule has 1 N–H and O–H groups in total. The molecule has 1 aliphatic heterocycles. The zero-order chi connectivity index (χ0) is 12.6. The number of Topliss-reactive ketones (excluding diaryl/α,β-unsaturated/α-hetero) is 1. The first kappa shape index (κ1) is 12.9. The van der Waals surface area contributed by atoms with E-state index in [-0.39, 0.29) is 12.3 Å². The van der Waals surface area contributed by atoms with Crippen molar-refractivity contribution >= 4 is 46.6 Å². The molecule has 2 rings (SSSR count). The molecule has 0 bridgehead atoms. The SMILES string of the molecule is CC(=O)C1c2c(Br)csc2C(O)CN1[B]C=O. The molecular weight excluding hydrogens is 305 g/mol. The highest BCUT2D eigenvalue weighted by atomic mass is 79.9. The molecule has 1 aromatic heterocycles. The number of carbonyl (C=O) groups excluding carboxylic acids is 2. The molecule has 0 saturated heterocycles. The van der Waals surface area contributed by atoms with Crippen molar-refractivity contribution in [3.05, 3.63) is 20.3 Å². The van der Waals surface area contributed by atoms with Crippen LogP contribution in [-0.2, 0) is 9.59 Å². The van der Waals surface area contributed by atoms with Gasteiger partial charge in [0.15, 0.2) is 0 Å². The Balaban J connectivity index is 2.48. The summed E-state index contributed by atoms with van der Waals surface area (Å²) in [5.41, 5.74) is 0.777. The standard InChI is InChI=1S/C10H10BBrNO3S/c1-5(15)9-8-6(12)3-17-10(8)7(16)2-13(9)11-4-14/h3-4,7,9,16H,2H2,1H3. The number of nitrogens with zero attached hydrogens (tertiary/aromatic N) is 1. The molecular formula is C10H10BBrNO3S. The second-order valence-corrected chi connectivity index (χ2v) is 5.64. The number of rotatable bonds is 3. The number of carbonyl (C=O) groups is 2. The van der Waals surface area contributed by atoms with Gasteiger partial charge in [0, 0.05) is 26.8 Å². The van der Waals surface area contributed by atoms with E-state index in [4.69, 9.17) is 0 Å². The molecule has 0 fully saturated rings. The second kappa shape index (κ2) is 5.01. The van der Waals surface area contributed by atoms with Crippen molar-refractivity contribution in [1.82, 2.24) is 4.81 Å². The molecule has 2 atom stereocenters. The summed E-state index contributed by atoms with van der Waals surface area (Å²) in [6, 6.07) is -0.487. The molecule has 89 valence electrons. The van der Waals surface area contributed by atoms with E-state index < -0.39 is 12.1 Å². The topological polar surface area (TPSA) is 57.6 Å². The Morgan fingerprint density at radius 2 is 2.47 bits per heavy atom. The first-order valence-corrected chi connectivity index (χ1v) is 6.73. The summed E-state index contributed by atoms with van der Waals surface area (Å²) in [5, 5.41) is 11.8. The molecule has 0 amide bonds. The van der Waals surface area contributed by atoms with Crippen LogP contribution in [0.1, 0.15) is 29.5 Å². The van der Waals surface area contributed by atoms with E-state index in [2.05, 4.69) is 15.9 Å². The average molecular weight is 315 g/mol. The van der Waals surface area contributed by atoms with Gasteiger partial charge in [0.05, 0.1) is 12.2 Å². The van der Waals surface area contributed by atoms with E-state index in [0.717, 1.165) is 14.9 Å². The zero-order valence-corrected chi connectivity index (χ0v) is 11.5. The summed E-state index contributed by atoms with van der Waals surface area (Å²) >= 11 is 4.81. The van der Waals surface area contributed by atoms with Crippen molar-refractivity contribution in [3.8, 4) is 0 Å². The Hall–Kier alpha value is -0.495. The minimum Gasteiger partial charge on any atom is -0.386 e. The van der Waals surface area contributed by atoms with Gasteiger partial charge in [-0.15, -0.1) is 11.3 Å². The highest BCUT2D eigenvalue weighted by Crippen LogP contribution is 2.42. The van der Waals surface area contributed by atoms with Crippen LogP contribution in [0, 0.1) is 0 Å². The van der Waals surface area contributed by atoms with Crippen LogP contribution < -0.4 is 0 Å². The van der Waals surface area contributed by atoms with Crippen LogP contribution in [0.2, 0.25) is 0 Å². The molecule has 0 aromatic carbocycles. The van der Waals surface area contributed by atoms with E-state index in [9.17, 15) is 14.7 Å².